The first kappa shape index (κ1) is 10.2. The Morgan fingerprint density at radius 3 is 2.87 bits per heavy atom. The van der Waals surface area contributed by atoms with E-state index >= 15 is 0 Å². The van der Waals surface area contributed by atoms with Crippen LogP contribution in [0, 0.1) is 5.92 Å². The number of Topliss-reactive ketones (excluding diaryl/α,β-unsaturated/α-hetero) is 1. The zero-order valence-electron chi connectivity index (χ0n) is 8.81. The van der Waals surface area contributed by atoms with Crippen molar-refractivity contribution in [2.75, 3.05) is 13.1 Å². The number of aromatic nitrogens is 4. The second kappa shape index (κ2) is 4.48. The highest BCUT2D eigenvalue weighted by Crippen LogP contribution is 2.17. The Labute approximate surface area is 88.0 Å². The maximum Gasteiger partial charge on any atom is 0.240 e. The van der Waals surface area contributed by atoms with Gasteiger partial charge in [-0.15, -0.1) is 10.2 Å². The quantitative estimate of drug-likeness (QED) is 0.697. The molecule has 1 saturated heterocycles. The standard InChI is InChI=1S/C9H15N5O/c1-14-12-9(11-13-14)8(15)6-7-2-4-10-5-3-7/h7,10H,2-6H2,1H3. The topological polar surface area (TPSA) is 72.7 Å². The van der Waals surface area contributed by atoms with Crippen LogP contribution in [0.1, 0.15) is 29.9 Å². The highest BCUT2D eigenvalue weighted by atomic mass is 16.1. The summed E-state index contributed by atoms with van der Waals surface area (Å²) in [7, 11) is 1.66. The van der Waals surface area contributed by atoms with E-state index in [0.717, 1.165) is 25.9 Å². The summed E-state index contributed by atoms with van der Waals surface area (Å²) in [6.45, 7) is 2.01. The second-order valence-electron chi connectivity index (χ2n) is 3.92. The molecule has 15 heavy (non-hydrogen) atoms. The summed E-state index contributed by atoms with van der Waals surface area (Å²) < 4.78 is 0. The summed E-state index contributed by atoms with van der Waals surface area (Å²) in [4.78, 5) is 13.0. The molecule has 0 bridgehead atoms. The SMILES string of the molecule is Cn1nnc(C(=O)CC2CCNCC2)n1. The van der Waals surface area contributed by atoms with Crippen molar-refractivity contribution in [2.24, 2.45) is 13.0 Å². The van der Waals surface area contributed by atoms with Crippen LogP contribution in [-0.2, 0) is 7.05 Å². The monoisotopic (exact) mass is 209 g/mol. The van der Waals surface area contributed by atoms with E-state index in [2.05, 4.69) is 20.7 Å². The molecule has 2 rings (SSSR count). The number of carbonyl (C=O) groups excluding carboxylic acids is 1. The molecule has 2 heterocycles. The molecule has 6 nitrogen and oxygen atoms in total. The minimum absolute atomic E-state index is 0.00926. The number of piperidine rings is 1. The minimum Gasteiger partial charge on any atom is -0.317 e. The molecule has 0 atom stereocenters. The molecule has 1 N–H and O–H groups in total. The Morgan fingerprint density at radius 2 is 2.27 bits per heavy atom. The first-order valence-corrected chi connectivity index (χ1v) is 5.23. The van der Waals surface area contributed by atoms with E-state index in [1.165, 1.54) is 4.80 Å². The molecule has 0 radical (unpaired) electrons. The van der Waals surface area contributed by atoms with Gasteiger partial charge in [-0.2, -0.15) is 4.80 Å². The fourth-order valence-corrected chi connectivity index (χ4v) is 1.84. The van der Waals surface area contributed by atoms with Gasteiger partial charge < -0.3 is 5.32 Å². The average molecular weight is 209 g/mol. The molecular formula is C9H15N5O. The predicted octanol–water partition coefficient (Wildman–Crippen LogP) is -0.217. The van der Waals surface area contributed by atoms with Gasteiger partial charge in [0.2, 0.25) is 11.6 Å². The van der Waals surface area contributed by atoms with Gasteiger partial charge in [-0.1, -0.05) is 0 Å². The van der Waals surface area contributed by atoms with E-state index in [4.69, 9.17) is 0 Å². The van der Waals surface area contributed by atoms with Gasteiger partial charge in [-0.05, 0) is 37.1 Å². The fraction of sp³-hybridized carbons (Fsp3) is 0.778. The Morgan fingerprint density at radius 1 is 1.53 bits per heavy atom. The molecule has 0 aliphatic carbocycles. The molecule has 0 amide bonds. The molecule has 1 aromatic heterocycles. The largest absolute Gasteiger partial charge is 0.317 e. The van der Waals surface area contributed by atoms with Crippen molar-refractivity contribution in [3.05, 3.63) is 5.82 Å². The lowest BCUT2D eigenvalue weighted by Crippen LogP contribution is -2.29. The van der Waals surface area contributed by atoms with Crippen molar-refractivity contribution in [2.45, 2.75) is 19.3 Å². The number of tetrazole rings is 1. The van der Waals surface area contributed by atoms with Crippen molar-refractivity contribution >= 4 is 5.78 Å². The van der Waals surface area contributed by atoms with Gasteiger partial charge in [-0.25, -0.2) is 0 Å². The van der Waals surface area contributed by atoms with Crippen LogP contribution >= 0.6 is 0 Å². The number of hydrogen-bond donors (Lipinski definition) is 1. The number of carbonyl (C=O) groups is 1. The number of nitrogens with one attached hydrogen (secondary N) is 1. The minimum atomic E-state index is 0.00926. The van der Waals surface area contributed by atoms with Crippen molar-refractivity contribution in [3.8, 4) is 0 Å². The third-order valence-electron chi connectivity index (χ3n) is 2.69. The lowest BCUT2D eigenvalue weighted by Gasteiger charge is -2.21. The van der Waals surface area contributed by atoms with Crippen LogP contribution in [0.5, 0.6) is 0 Å². The summed E-state index contributed by atoms with van der Waals surface area (Å²) in [5, 5.41) is 14.5. The van der Waals surface area contributed by atoms with Crippen LogP contribution in [0.2, 0.25) is 0 Å². The average Bonchev–Trinajstić information content (AvgIpc) is 2.66. The summed E-state index contributed by atoms with van der Waals surface area (Å²) in [6, 6.07) is 0. The predicted molar refractivity (Wildman–Crippen MR) is 53.3 cm³/mol. The lowest BCUT2D eigenvalue weighted by molar-refractivity contribution is 0.0942. The molecule has 1 aliphatic heterocycles. The second-order valence-corrected chi connectivity index (χ2v) is 3.92. The summed E-state index contributed by atoms with van der Waals surface area (Å²) >= 11 is 0. The molecule has 1 fully saturated rings. The molecular weight excluding hydrogens is 194 g/mol. The zero-order valence-corrected chi connectivity index (χ0v) is 8.81. The molecule has 1 aromatic rings. The van der Waals surface area contributed by atoms with Crippen LogP contribution in [0.25, 0.3) is 0 Å². The van der Waals surface area contributed by atoms with Crippen LogP contribution in [0.15, 0.2) is 0 Å². The van der Waals surface area contributed by atoms with Crippen molar-refractivity contribution in [1.29, 1.82) is 0 Å². The number of ketones is 1. The van der Waals surface area contributed by atoms with E-state index in [0.29, 0.717) is 12.3 Å². The maximum absolute atomic E-state index is 11.7. The van der Waals surface area contributed by atoms with E-state index < -0.39 is 0 Å². The Hall–Kier alpha value is -1.30. The van der Waals surface area contributed by atoms with Crippen LogP contribution in [-0.4, -0.2) is 39.1 Å². The molecule has 0 saturated carbocycles. The Kier molecular flexibility index (Phi) is 3.05. The summed E-state index contributed by atoms with van der Waals surface area (Å²) in [5.74, 6) is 0.730. The Balaban J connectivity index is 1.91. The lowest BCUT2D eigenvalue weighted by atomic mass is 9.92. The zero-order chi connectivity index (χ0) is 10.7. The maximum atomic E-state index is 11.7. The third kappa shape index (κ3) is 2.59. The smallest absolute Gasteiger partial charge is 0.240 e. The molecule has 1 aliphatic rings. The highest BCUT2D eigenvalue weighted by Gasteiger charge is 2.20. The van der Waals surface area contributed by atoms with E-state index in [1.54, 1.807) is 7.05 Å². The molecule has 0 unspecified atom stereocenters. The van der Waals surface area contributed by atoms with Crippen LogP contribution in [0.4, 0.5) is 0 Å². The van der Waals surface area contributed by atoms with Gasteiger partial charge in [-0.3, -0.25) is 4.79 Å². The van der Waals surface area contributed by atoms with Crippen molar-refractivity contribution in [1.82, 2.24) is 25.5 Å². The van der Waals surface area contributed by atoms with Gasteiger partial charge in [0.15, 0.2) is 0 Å². The Bertz CT molecular complexity index is 342. The number of nitrogens with zero attached hydrogens (tertiary/aromatic N) is 4. The summed E-state index contributed by atoms with van der Waals surface area (Å²) in [5.41, 5.74) is 0. The number of aryl methyl sites for hydroxylation is 1. The molecule has 6 heteroatoms. The first-order valence-electron chi connectivity index (χ1n) is 5.23. The highest BCUT2D eigenvalue weighted by molar-refractivity contribution is 5.92. The fourth-order valence-electron chi connectivity index (χ4n) is 1.84. The van der Waals surface area contributed by atoms with Gasteiger partial charge in [0.1, 0.15) is 0 Å². The number of rotatable bonds is 3. The van der Waals surface area contributed by atoms with Crippen LogP contribution in [0.3, 0.4) is 0 Å². The summed E-state index contributed by atoms with van der Waals surface area (Å²) in [6.07, 6.45) is 2.67. The molecule has 0 spiro atoms. The van der Waals surface area contributed by atoms with Gasteiger partial charge in [0.05, 0.1) is 7.05 Å². The first-order chi connectivity index (χ1) is 7.25. The van der Waals surface area contributed by atoms with E-state index in [-0.39, 0.29) is 11.6 Å². The van der Waals surface area contributed by atoms with E-state index in [9.17, 15) is 4.79 Å². The van der Waals surface area contributed by atoms with Crippen molar-refractivity contribution < 1.29 is 4.79 Å². The van der Waals surface area contributed by atoms with Crippen molar-refractivity contribution in [3.63, 3.8) is 0 Å². The van der Waals surface area contributed by atoms with Gasteiger partial charge in [0, 0.05) is 6.42 Å². The van der Waals surface area contributed by atoms with Gasteiger partial charge >= 0.3 is 0 Å². The molecule has 82 valence electrons. The third-order valence-corrected chi connectivity index (χ3v) is 2.69. The number of hydrogen-bond acceptors (Lipinski definition) is 5. The van der Waals surface area contributed by atoms with E-state index in [1.807, 2.05) is 0 Å². The molecule has 0 aromatic carbocycles. The normalized spacial score (nSPS) is 17.9. The van der Waals surface area contributed by atoms with Gasteiger partial charge in [0.25, 0.3) is 0 Å². The van der Waals surface area contributed by atoms with Crippen LogP contribution < -0.4 is 5.32 Å².